The van der Waals surface area contributed by atoms with Gasteiger partial charge in [0.1, 0.15) is 23.4 Å². The summed E-state index contributed by atoms with van der Waals surface area (Å²) >= 11 is 0. The van der Waals surface area contributed by atoms with Gasteiger partial charge in [-0.2, -0.15) is 0 Å². The minimum absolute atomic E-state index is 0.0135. The van der Waals surface area contributed by atoms with Crippen molar-refractivity contribution in [2.75, 3.05) is 13.2 Å². The Hall–Kier alpha value is -3.42. The number of hydrogen-bond donors (Lipinski definition) is 5. The smallest absolute Gasteiger partial charge is 0.340 e. The van der Waals surface area contributed by atoms with Crippen molar-refractivity contribution >= 4 is 18.0 Å². The van der Waals surface area contributed by atoms with Gasteiger partial charge in [-0.05, 0) is 23.8 Å². The maximum absolute atomic E-state index is 12.2. The summed E-state index contributed by atoms with van der Waals surface area (Å²) in [6.07, 6.45) is -2.25. The van der Waals surface area contributed by atoms with E-state index in [1.54, 1.807) is 0 Å². The van der Waals surface area contributed by atoms with E-state index in [2.05, 4.69) is 6.58 Å². The molecule has 2 fully saturated rings. The quantitative estimate of drug-likeness (QED) is 0.149. The van der Waals surface area contributed by atoms with Gasteiger partial charge in [-0.1, -0.05) is 12.1 Å². The first-order chi connectivity index (χ1) is 17.1. The molecule has 0 bridgehead atoms. The van der Waals surface area contributed by atoms with Crippen LogP contribution in [0.25, 0.3) is 6.08 Å². The number of rotatable bonds is 6. The van der Waals surface area contributed by atoms with E-state index >= 15 is 0 Å². The summed E-state index contributed by atoms with van der Waals surface area (Å²) < 4.78 is 26.6. The lowest BCUT2D eigenvalue weighted by Gasteiger charge is -2.45. The second-order valence-electron chi connectivity index (χ2n) is 8.48. The second kappa shape index (κ2) is 10.3. The molecule has 0 amide bonds. The highest BCUT2D eigenvalue weighted by atomic mass is 16.8. The lowest BCUT2D eigenvalue weighted by Crippen LogP contribution is -2.59. The van der Waals surface area contributed by atoms with Crippen molar-refractivity contribution < 1.29 is 58.8 Å². The highest BCUT2D eigenvalue weighted by molar-refractivity contribution is 5.91. The van der Waals surface area contributed by atoms with Crippen LogP contribution in [0.2, 0.25) is 0 Å². The molecule has 1 aromatic rings. The fourth-order valence-corrected chi connectivity index (χ4v) is 4.17. The van der Waals surface area contributed by atoms with Crippen LogP contribution < -0.4 is 0 Å². The molecule has 0 radical (unpaired) electrons. The Morgan fingerprint density at radius 2 is 1.94 bits per heavy atom. The summed E-state index contributed by atoms with van der Waals surface area (Å²) in [5.41, 5.74) is -1.33. The van der Waals surface area contributed by atoms with E-state index in [4.69, 9.17) is 23.7 Å². The third-order valence-electron chi connectivity index (χ3n) is 6.20. The molecule has 2 saturated heterocycles. The second-order valence-corrected chi connectivity index (χ2v) is 8.48. The van der Waals surface area contributed by atoms with Crippen molar-refractivity contribution in [1.82, 2.24) is 0 Å². The molecule has 3 aliphatic heterocycles. The Morgan fingerprint density at radius 1 is 1.17 bits per heavy atom. The van der Waals surface area contributed by atoms with Crippen LogP contribution in [-0.2, 0) is 33.3 Å². The number of esters is 2. The van der Waals surface area contributed by atoms with Crippen LogP contribution in [0.15, 0.2) is 48.8 Å². The first kappa shape index (κ1) is 25.7. The van der Waals surface area contributed by atoms with Gasteiger partial charge in [-0.25, -0.2) is 9.59 Å². The minimum Gasteiger partial charge on any atom is -0.504 e. The van der Waals surface area contributed by atoms with Gasteiger partial charge in [0.05, 0.1) is 25.4 Å². The van der Waals surface area contributed by atoms with Gasteiger partial charge >= 0.3 is 11.9 Å². The summed E-state index contributed by atoms with van der Waals surface area (Å²) in [6, 6.07) is 3.94. The van der Waals surface area contributed by atoms with Gasteiger partial charge in [0.15, 0.2) is 23.9 Å². The van der Waals surface area contributed by atoms with E-state index < -0.39 is 54.3 Å². The summed E-state index contributed by atoms with van der Waals surface area (Å²) in [5, 5.41) is 50.9. The number of benzene rings is 1. The largest absolute Gasteiger partial charge is 0.504 e. The van der Waals surface area contributed by atoms with Crippen molar-refractivity contribution in [2.45, 2.75) is 42.9 Å². The van der Waals surface area contributed by atoms with Crippen LogP contribution in [-0.4, -0.2) is 87.2 Å². The molecule has 3 aliphatic rings. The van der Waals surface area contributed by atoms with Crippen LogP contribution >= 0.6 is 0 Å². The van der Waals surface area contributed by atoms with Gasteiger partial charge in [0.25, 0.3) is 0 Å². The molecule has 4 rings (SSSR count). The predicted octanol–water partition coefficient (Wildman–Crippen LogP) is -0.162. The van der Waals surface area contributed by atoms with Gasteiger partial charge in [0, 0.05) is 12.5 Å². The zero-order chi connectivity index (χ0) is 26.0. The third kappa shape index (κ3) is 4.94. The average Bonchev–Trinajstić information content (AvgIpc) is 2.84. The Bertz CT molecular complexity index is 1080. The highest BCUT2D eigenvalue weighted by Gasteiger charge is 2.54. The van der Waals surface area contributed by atoms with Crippen molar-refractivity contribution in [1.29, 1.82) is 0 Å². The Kier molecular flexibility index (Phi) is 7.33. The lowest BCUT2D eigenvalue weighted by atomic mass is 9.76. The zero-order valence-corrected chi connectivity index (χ0v) is 18.9. The molecule has 36 heavy (non-hydrogen) atoms. The van der Waals surface area contributed by atoms with E-state index in [0.29, 0.717) is 5.56 Å². The molecular weight excluding hydrogens is 480 g/mol. The average molecular weight is 506 g/mol. The standard InChI is InChI=1S/C24H26O12/c1-2-13-22(33-10-14-21(30)32-8-7-24(13,14)31)36-23-20(29)19(28)17(11-34-23)35-18(27)6-4-12-3-5-15(25)16(26)9-12/h2-6,9-10,13,17,19-20,22-23,25-26,28-29,31H,1,7-8,11H2/t13-,17+,19-,20+,22-,23-,24+/m0/s1. The van der Waals surface area contributed by atoms with Crippen LogP contribution in [0.3, 0.4) is 0 Å². The number of aliphatic hydroxyl groups excluding tert-OH is 2. The number of carbonyl (C=O) groups is 2. The van der Waals surface area contributed by atoms with E-state index in [-0.39, 0.29) is 36.7 Å². The van der Waals surface area contributed by atoms with E-state index in [1.807, 2.05) is 0 Å². The first-order valence-corrected chi connectivity index (χ1v) is 11.1. The summed E-state index contributed by atoms with van der Waals surface area (Å²) in [6.45, 7) is 3.33. The van der Waals surface area contributed by atoms with E-state index in [1.165, 1.54) is 30.4 Å². The fraction of sp³-hybridized carbons (Fsp3) is 0.417. The molecular formula is C24H26O12. The number of aliphatic hydroxyl groups is 3. The number of carbonyl (C=O) groups excluding carboxylic acids is 2. The van der Waals surface area contributed by atoms with Crippen molar-refractivity contribution in [3.63, 3.8) is 0 Å². The highest BCUT2D eigenvalue weighted by Crippen LogP contribution is 2.42. The normalized spacial score (nSPS) is 34.2. The molecule has 1 aromatic carbocycles. The fourth-order valence-electron chi connectivity index (χ4n) is 4.17. The van der Waals surface area contributed by atoms with E-state index in [9.17, 15) is 35.1 Å². The topological polar surface area (TPSA) is 181 Å². The number of ether oxygens (including phenoxy) is 5. The number of fused-ring (bicyclic) bond motifs is 1. The molecule has 194 valence electrons. The Morgan fingerprint density at radius 3 is 2.67 bits per heavy atom. The summed E-state index contributed by atoms with van der Waals surface area (Å²) in [4.78, 5) is 24.2. The van der Waals surface area contributed by atoms with Gasteiger partial charge < -0.3 is 49.2 Å². The number of phenols is 2. The molecule has 7 atom stereocenters. The lowest BCUT2D eigenvalue weighted by molar-refractivity contribution is -0.324. The molecule has 0 aromatic heterocycles. The third-order valence-corrected chi connectivity index (χ3v) is 6.20. The maximum atomic E-state index is 12.2. The molecule has 3 heterocycles. The van der Waals surface area contributed by atoms with Crippen LogP contribution in [0.4, 0.5) is 0 Å². The Labute approximate surface area is 205 Å². The van der Waals surface area contributed by atoms with Crippen LogP contribution in [0, 0.1) is 5.92 Å². The van der Waals surface area contributed by atoms with E-state index in [0.717, 1.165) is 12.3 Å². The molecule has 5 N–H and O–H groups in total. The number of aromatic hydroxyl groups is 2. The SMILES string of the molecule is C=C[C@H]1[C@H](O[C@@H]2OC[C@@H](OC(=O)C=Cc3ccc(O)c(O)c3)[C@H](O)[C@H]2O)OC=C2C(=O)OCC[C@]21O. The van der Waals surface area contributed by atoms with Crippen LogP contribution in [0.1, 0.15) is 12.0 Å². The molecule has 0 unspecified atom stereocenters. The van der Waals surface area contributed by atoms with Crippen molar-refractivity contribution in [3.05, 3.63) is 54.3 Å². The van der Waals surface area contributed by atoms with Gasteiger partial charge in [0.2, 0.25) is 6.29 Å². The van der Waals surface area contributed by atoms with Gasteiger partial charge in [-0.3, -0.25) is 0 Å². The minimum atomic E-state index is -1.66. The molecule has 0 spiro atoms. The monoisotopic (exact) mass is 506 g/mol. The predicted molar refractivity (Wildman–Crippen MR) is 119 cm³/mol. The zero-order valence-electron chi connectivity index (χ0n) is 18.9. The Balaban J connectivity index is 1.36. The van der Waals surface area contributed by atoms with Gasteiger partial charge in [-0.15, -0.1) is 6.58 Å². The molecule has 0 aliphatic carbocycles. The molecule has 0 saturated carbocycles. The number of phenolic OH excluding ortho intramolecular Hbond substituents is 2. The summed E-state index contributed by atoms with van der Waals surface area (Å²) in [7, 11) is 0. The van der Waals surface area contributed by atoms with Crippen LogP contribution in [0.5, 0.6) is 11.5 Å². The van der Waals surface area contributed by atoms with Crippen molar-refractivity contribution in [3.8, 4) is 11.5 Å². The molecule has 12 nitrogen and oxygen atoms in total. The molecule has 12 heteroatoms. The number of hydrogen-bond acceptors (Lipinski definition) is 12. The summed E-state index contributed by atoms with van der Waals surface area (Å²) in [5.74, 6) is -3.17. The number of cyclic esters (lactones) is 1. The maximum Gasteiger partial charge on any atom is 0.340 e. The first-order valence-electron chi connectivity index (χ1n) is 11.1. The van der Waals surface area contributed by atoms with Crippen molar-refractivity contribution in [2.24, 2.45) is 5.92 Å².